The van der Waals surface area contributed by atoms with Gasteiger partial charge >= 0.3 is 0 Å². The lowest BCUT2D eigenvalue weighted by molar-refractivity contribution is -0.510. The molecule has 3 aromatic rings. The highest BCUT2D eigenvalue weighted by Crippen LogP contribution is 2.30. The minimum Gasteiger partial charge on any atom is -0.264 e. The second-order valence-corrected chi connectivity index (χ2v) is 8.66. The van der Waals surface area contributed by atoms with E-state index in [9.17, 15) is 18.5 Å². The van der Waals surface area contributed by atoms with E-state index in [2.05, 4.69) is 11.3 Å². The number of sulfonamides is 1. The summed E-state index contributed by atoms with van der Waals surface area (Å²) in [5.74, 6) is 0. The Balaban J connectivity index is 2.06. The first kappa shape index (κ1) is 21.4. The van der Waals surface area contributed by atoms with Gasteiger partial charge in [-0.15, -0.1) is 0 Å². The van der Waals surface area contributed by atoms with Crippen molar-refractivity contribution < 1.29 is 13.3 Å². The molecule has 3 rings (SSSR count). The van der Waals surface area contributed by atoms with E-state index in [1.54, 1.807) is 72.8 Å². The number of rotatable bonds is 8. The average Bonchev–Trinajstić information content (AvgIpc) is 2.74. The predicted molar refractivity (Wildman–Crippen MR) is 117 cm³/mol. The number of hydrogen-bond donors (Lipinski definition) is 1. The topological polar surface area (TPSA) is 89.3 Å². The molecule has 0 aliphatic carbocycles. The minimum atomic E-state index is -4.01. The van der Waals surface area contributed by atoms with Gasteiger partial charge in [0.25, 0.3) is 6.04 Å². The van der Waals surface area contributed by atoms with E-state index < -0.39 is 27.0 Å². The lowest BCUT2D eigenvalue weighted by Crippen LogP contribution is -2.40. The Morgan fingerprint density at radius 1 is 0.933 bits per heavy atom. The molecule has 0 heterocycles. The number of benzene rings is 3. The Labute approximate surface area is 176 Å². The van der Waals surface area contributed by atoms with Crippen molar-refractivity contribution in [2.24, 2.45) is 0 Å². The molecule has 0 fully saturated rings. The zero-order valence-corrected chi connectivity index (χ0v) is 17.2. The maximum absolute atomic E-state index is 13.0. The summed E-state index contributed by atoms with van der Waals surface area (Å²) in [7, 11) is -4.01. The molecule has 0 radical (unpaired) electrons. The molecular weight excluding hydrogens is 400 g/mol. The fraction of sp³-hybridized carbons (Fsp3) is 0.130. The molecule has 7 heteroatoms. The highest BCUT2D eigenvalue weighted by molar-refractivity contribution is 7.89. The van der Waals surface area contributed by atoms with Gasteiger partial charge in [-0.2, -0.15) is 4.72 Å². The summed E-state index contributed by atoms with van der Waals surface area (Å²) < 4.78 is 28.6. The lowest BCUT2D eigenvalue weighted by atomic mass is 9.91. The van der Waals surface area contributed by atoms with E-state index in [1.807, 2.05) is 6.92 Å². The van der Waals surface area contributed by atoms with Gasteiger partial charge in [0, 0.05) is 10.5 Å². The van der Waals surface area contributed by atoms with E-state index in [-0.39, 0.29) is 10.5 Å². The fourth-order valence-corrected chi connectivity index (χ4v) is 4.43. The maximum atomic E-state index is 13.0. The van der Waals surface area contributed by atoms with Gasteiger partial charge in [-0.3, -0.25) is 10.1 Å². The molecular formula is C23H22N2O4S. The monoisotopic (exact) mass is 422 g/mol. The molecule has 0 aliphatic heterocycles. The molecule has 0 spiro atoms. The second-order valence-electron chi connectivity index (χ2n) is 6.94. The van der Waals surface area contributed by atoms with Crippen LogP contribution in [0.2, 0.25) is 0 Å². The van der Waals surface area contributed by atoms with Gasteiger partial charge in [0.1, 0.15) is 6.04 Å². The van der Waals surface area contributed by atoms with Crippen LogP contribution in [-0.2, 0) is 10.0 Å². The Morgan fingerprint density at radius 3 is 2.00 bits per heavy atom. The Bertz CT molecular complexity index is 1130. The van der Waals surface area contributed by atoms with E-state index >= 15 is 0 Å². The van der Waals surface area contributed by atoms with Crippen molar-refractivity contribution in [3.63, 3.8) is 0 Å². The Hall–Kier alpha value is -3.29. The third kappa shape index (κ3) is 4.82. The molecule has 2 atom stereocenters. The second kappa shape index (κ2) is 9.02. The molecule has 0 saturated carbocycles. The molecule has 0 unspecified atom stereocenters. The zero-order chi connectivity index (χ0) is 21.7. The van der Waals surface area contributed by atoms with Crippen molar-refractivity contribution in [1.29, 1.82) is 0 Å². The average molecular weight is 423 g/mol. The van der Waals surface area contributed by atoms with Gasteiger partial charge in [0.15, 0.2) is 0 Å². The first-order chi connectivity index (χ1) is 14.3. The molecule has 0 bridgehead atoms. The van der Waals surface area contributed by atoms with Gasteiger partial charge < -0.3 is 0 Å². The lowest BCUT2D eigenvalue weighted by Gasteiger charge is -2.24. The highest BCUT2D eigenvalue weighted by atomic mass is 32.2. The molecule has 3 aromatic carbocycles. The Kier molecular flexibility index (Phi) is 6.44. The summed E-state index contributed by atoms with van der Waals surface area (Å²) >= 11 is 0. The van der Waals surface area contributed by atoms with Crippen LogP contribution in [0.5, 0.6) is 0 Å². The summed E-state index contributed by atoms with van der Waals surface area (Å²) in [5, 5.41) is 12.1. The molecule has 30 heavy (non-hydrogen) atoms. The smallest absolute Gasteiger partial charge is 0.258 e. The van der Waals surface area contributed by atoms with Crippen LogP contribution in [-0.4, -0.2) is 19.4 Å². The van der Waals surface area contributed by atoms with Crippen molar-refractivity contribution in [1.82, 2.24) is 4.72 Å². The molecule has 0 amide bonds. The largest absolute Gasteiger partial charge is 0.264 e. The predicted octanol–water partition coefficient (Wildman–Crippen LogP) is 4.37. The third-order valence-electron chi connectivity index (χ3n) is 4.82. The van der Waals surface area contributed by atoms with Crippen molar-refractivity contribution >= 4 is 15.6 Å². The van der Waals surface area contributed by atoms with Crippen molar-refractivity contribution in [3.8, 4) is 0 Å². The standard InChI is InChI=1S/C23H22N2O4S/c1-17-13-15-21(16-14-17)30(28,29)24-22(20-11-7-4-8-12-20)23(25(26)27)18(2)19-9-5-3-6-10-19/h3-16,22-24H,2H2,1H3/t22-,23-/m0/s1. The molecule has 0 saturated heterocycles. The van der Waals surface area contributed by atoms with Gasteiger partial charge in [0.2, 0.25) is 10.0 Å². The first-order valence-electron chi connectivity index (χ1n) is 9.31. The number of nitro groups is 1. The van der Waals surface area contributed by atoms with Crippen LogP contribution in [0.4, 0.5) is 0 Å². The maximum Gasteiger partial charge on any atom is 0.258 e. The number of hydrogen-bond acceptors (Lipinski definition) is 4. The molecule has 6 nitrogen and oxygen atoms in total. The van der Waals surface area contributed by atoms with Gasteiger partial charge in [-0.1, -0.05) is 84.9 Å². The highest BCUT2D eigenvalue weighted by Gasteiger charge is 2.39. The van der Waals surface area contributed by atoms with Gasteiger partial charge in [-0.05, 0) is 30.2 Å². The summed E-state index contributed by atoms with van der Waals surface area (Å²) in [6.07, 6.45) is 0. The molecule has 0 aromatic heterocycles. The van der Waals surface area contributed by atoms with Crippen LogP contribution in [0.1, 0.15) is 22.7 Å². The number of nitrogens with one attached hydrogen (secondary N) is 1. The molecule has 0 aliphatic rings. The normalized spacial score (nSPS) is 13.4. The van der Waals surface area contributed by atoms with Crippen molar-refractivity contribution in [3.05, 3.63) is 118 Å². The Morgan fingerprint density at radius 2 is 1.47 bits per heavy atom. The summed E-state index contributed by atoms with van der Waals surface area (Å²) in [6, 6.07) is 21.1. The molecule has 1 N–H and O–H groups in total. The molecule has 154 valence electrons. The quantitative estimate of drug-likeness (QED) is 0.431. The van der Waals surface area contributed by atoms with Crippen LogP contribution < -0.4 is 4.72 Å². The van der Waals surface area contributed by atoms with Crippen LogP contribution in [0, 0.1) is 17.0 Å². The number of nitrogens with zero attached hydrogens (tertiary/aromatic N) is 1. The van der Waals surface area contributed by atoms with Crippen LogP contribution >= 0.6 is 0 Å². The minimum absolute atomic E-state index is 0.0430. The van der Waals surface area contributed by atoms with Crippen LogP contribution in [0.25, 0.3) is 5.57 Å². The SMILES string of the molecule is C=C(c1ccccc1)[C@@H]([C@@H](NS(=O)(=O)c1ccc(C)cc1)c1ccccc1)[N+](=O)[O-]. The first-order valence-corrected chi connectivity index (χ1v) is 10.8. The van der Waals surface area contributed by atoms with E-state index in [1.165, 1.54) is 12.1 Å². The van der Waals surface area contributed by atoms with Gasteiger partial charge in [-0.25, -0.2) is 8.42 Å². The van der Waals surface area contributed by atoms with E-state index in [0.717, 1.165) is 5.56 Å². The summed E-state index contributed by atoms with van der Waals surface area (Å²) in [4.78, 5) is 11.7. The van der Waals surface area contributed by atoms with Crippen LogP contribution in [0.15, 0.2) is 96.4 Å². The van der Waals surface area contributed by atoms with Crippen molar-refractivity contribution in [2.45, 2.75) is 23.9 Å². The number of aryl methyl sites for hydroxylation is 1. The summed E-state index contributed by atoms with van der Waals surface area (Å²) in [6.45, 7) is 5.78. The summed E-state index contributed by atoms with van der Waals surface area (Å²) in [5.41, 5.74) is 2.19. The van der Waals surface area contributed by atoms with Crippen LogP contribution in [0.3, 0.4) is 0 Å². The zero-order valence-electron chi connectivity index (χ0n) is 16.4. The van der Waals surface area contributed by atoms with Gasteiger partial charge in [0.05, 0.1) is 4.90 Å². The van der Waals surface area contributed by atoms with Crippen molar-refractivity contribution in [2.75, 3.05) is 0 Å². The van der Waals surface area contributed by atoms with E-state index in [4.69, 9.17) is 0 Å². The third-order valence-corrected chi connectivity index (χ3v) is 6.27. The fourth-order valence-electron chi connectivity index (χ4n) is 3.20. The van der Waals surface area contributed by atoms with E-state index in [0.29, 0.717) is 11.1 Å².